The monoisotopic (exact) mass is 256 g/mol. The Hall–Kier alpha value is -1.56. The summed E-state index contributed by atoms with van der Waals surface area (Å²) in [5, 5.41) is 2.50. The van der Waals surface area contributed by atoms with Gasteiger partial charge in [0.05, 0.1) is 11.9 Å². The van der Waals surface area contributed by atoms with Crippen LogP contribution in [0.2, 0.25) is 0 Å². The summed E-state index contributed by atoms with van der Waals surface area (Å²) >= 11 is 0. The lowest BCUT2D eigenvalue weighted by molar-refractivity contribution is 0.0963. The maximum absolute atomic E-state index is 11.5. The quantitative estimate of drug-likeness (QED) is 0.868. The molecular weight excluding hydrogens is 240 g/mol. The van der Waals surface area contributed by atoms with E-state index in [4.69, 9.17) is 0 Å². The Morgan fingerprint density at radius 1 is 1.35 bits per heavy atom. The fourth-order valence-corrected chi connectivity index (χ4v) is 1.97. The number of sulfonamides is 1. The fraction of sp³-hybridized carbons (Fsp3) is 0.364. The van der Waals surface area contributed by atoms with E-state index < -0.39 is 10.0 Å². The third kappa shape index (κ3) is 2.97. The number of nitrogens with zero attached hydrogens (tertiary/aromatic N) is 1. The molecule has 6 heteroatoms. The number of benzene rings is 1. The summed E-state index contributed by atoms with van der Waals surface area (Å²) in [5.41, 5.74) is 1.74. The summed E-state index contributed by atoms with van der Waals surface area (Å²) in [6, 6.07) is 4.95. The van der Waals surface area contributed by atoms with Gasteiger partial charge in [0.1, 0.15) is 0 Å². The van der Waals surface area contributed by atoms with E-state index in [1.807, 2.05) is 0 Å². The summed E-state index contributed by atoms with van der Waals surface area (Å²) in [7, 11) is -0.332. The van der Waals surface area contributed by atoms with Crippen molar-refractivity contribution in [3.05, 3.63) is 29.3 Å². The number of rotatable bonds is 3. The molecule has 1 aromatic carbocycles. The van der Waals surface area contributed by atoms with E-state index in [-0.39, 0.29) is 5.91 Å². The zero-order chi connectivity index (χ0) is 13.2. The molecule has 1 amide bonds. The number of aryl methyl sites for hydroxylation is 1. The van der Waals surface area contributed by atoms with Gasteiger partial charge in [-0.05, 0) is 24.6 Å². The van der Waals surface area contributed by atoms with E-state index >= 15 is 0 Å². The summed E-state index contributed by atoms with van der Waals surface area (Å²) in [6.45, 7) is 1.80. The Bertz CT molecular complexity index is 538. The zero-order valence-electron chi connectivity index (χ0n) is 10.3. The molecule has 1 aromatic rings. The first-order chi connectivity index (χ1) is 7.77. The van der Waals surface area contributed by atoms with Gasteiger partial charge in [0.25, 0.3) is 5.91 Å². The first-order valence-electron chi connectivity index (χ1n) is 5.04. The summed E-state index contributed by atoms with van der Waals surface area (Å²) in [6.07, 6.45) is 1.12. The fourth-order valence-electron chi connectivity index (χ4n) is 1.41. The van der Waals surface area contributed by atoms with Gasteiger partial charge >= 0.3 is 0 Å². The highest BCUT2D eigenvalue weighted by Gasteiger charge is 2.16. The molecule has 17 heavy (non-hydrogen) atoms. The molecule has 0 saturated carbocycles. The molecule has 0 atom stereocenters. The number of hydrogen-bond acceptors (Lipinski definition) is 3. The average molecular weight is 256 g/mol. The summed E-state index contributed by atoms with van der Waals surface area (Å²) < 4.78 is 24.1. The van der Waals surface area contributed by atoms with E-state index in [1.165, 1.54) is 14.1 Å². The molecule has 0 radical (unpaired) electrons. The largest absolute Gasteiger partial charge is 0.355 e. The van der Waals surface area contributed by atoms with Gasteiger partial charge in [-0.25, -0.2) is 8.42 Å². The highest BCUT2D eigenvalue weighted by Crippen LogP contribution is 2.22. The maximum Gasteiger partial charge on any atom is 0.251 e. The van der Waals surface area contributed by atoms with E-state index in [1.54, 1.807) is 25.1 Å². The van der Waals surface area contributed by atoms with E-state index in [2.05, 4.69) is 5.32 Å². The zero-order valence-corrected chi connectivity index (χ0v) is 11.1. The molecule has 0 spiro atoms. The Kier molecular flexibility index (Phi) is 3.77. The number of amides is 1. The molecule has 0 aliphatic heterocycles. The van der Waals surface area contributed by atoms with Crippen molar-refractivity contribution in [3.8, 4) is 0 Å². The molecule has 94 valence electrons. The number of hydrogen-bond donors (Lipinski definition) is 1. The van der Waals surface area contributed by atoms with Crippen molar-refractivity contribution in [2.75, 3.05) is 24.7 Å². The third-order valence-electron chi connectivity index (χ3n) is 2.54. The highest BCUT2D eigenvalue weighted by atomic mass is 32.2. The minimum Gasteiger partial charge on any atom is -0.355 e. The molecule has 0 fully saturated rings. The second-order valence-corrected chi connectivity index (χ2v) is 5.82. The van der Waals surface area contributed by atoms with Crippen LogP contribution in [0, 0.1) is 6.92 Å². The van der Waals surface area contributed by atoms with Gasteiger partial charge in [-0.15, -0.1) is 0 Å². The maximum atomic E-state index is 11.5. The topological polar surface area (TPSA) is 66.5 Å². The lowest BCUT2D eigenvalue weighted by atomic mass is 10.1. The minimum atomic E-state index is -3.33. The van der Waals surface area contributed by atoms with Crippen LogP contribution in [0.1, 0.15) is 15.9 Å². The van der Waals surface area contributed by atoms with Gasteiger partial charge in [-0.3, -0.25) is 9.10 Å². The Morgan fingerprint density at radius 2 is 1.94 bits per heavy atom. The lowest BCUT2D eigenvalue weighted by Crippen LogP contribution is -2.26. The van der Waals surface area contributed by atoms with Gasteiger partial charge in [0.2, 0.25) is 10.0 Å². The van der Waals surface area contributed by atoms with Crippen molar-refractivity contribution in [2.45, 2.75) is 6.92 Å². The first kappa shape index (κ1) is 13.5. The highest BCUT2D eigenvalue weighted by molar-refractivity contribution is 7.92. The summed E-state index contributed by atoms with van der Waals surface area (Å²) in [4.78, 5) is 11.5. The molecule has 1 N–H and O–H groups in total. The summed E-state index contributed by atoms with van der Waals surface area (Å²) in [5.74, 6) is -0.242. The standard InChI is InChI=1S/C11H16N2O3S/c1-8-5-6-9(11(14)12-2)7-10(8)13(3)17(4,15)16/h5-7H,1-4H3,(H,12,14). The van der Waals surface area contributed by atoms with Crippen molar-refractivity contribution in [1.82, 2.24) is 5.32 Å². The Balaban J connectivity index is 3.29. The van der Waals surface area contributed by atoms with Crippen molar-refractivity contribution in [3.63, 3.8) is 0 Å². The van der Waals surface area contributed by atoms with Crippen LogP contribution in [0.3, 0.4) is 0 Å². The number of carbonyl (C=O) groups excluding carboxylic acids is 1. The molecule has 0 heterocycles. The lowest BCUT2D eigenvalue weighted by Gasteiger charge is -2.19. The third-order valence-corrected chi connectivity index (χ3v) is 3.73. The molecule has 0 saturated heterocycles. The molecule has 1 rings (SSSR count). The van der Waals surface area contributed by atoms with Gasteiger partial charge in [0, 0.05) is 19.7 Å². The predicted octanol–water partition coefficient (Wildman–Crippen LogP) is 0.750. The molecule has 0 aromatic heterocycles. The van der Waals surface area contributed by atoms with Crippen molar-refractivity contribution in [1.29, 1.82) is 0 Å². The van der Waals surface area contributed by atoms with Crippen LogP contribution in [0.15, 0.2) is 18.2 Å². The first-order valence-corrected chi connectivity index (χ1v) is 6.89. The second kappa shape index (κ2) is 4.75. The van der Waals surface area contributed by atoms with Gasteiger partial charge in [-0.2, -0.15) is 0 Å². The van der Waals surface area contributed by atoms with E-state index in [0.29, 0.717) is 11.3 Å². The van der Waals surface area contributed by atoms with Crippen molar-refractivity contribution >= 4 is 21.6 Å². The Morgan fingerprint density at radius 3 is 2.41 bits per heavy atom. The van der Waals surface area contributed by atoms with Gasteiger partial charge in [0.15, 0.2) is 0 Å². The minimum absolute atomic E-state index is 0.242. The van der Waals surface area contributed by atoms with Crippen LogP contribution < -0.4 is 9.62 Å². The Labute approximate surface area is 101 Å². The molecular formula is C11H16N2O3S. The second-order valence-electron chi connectivity index (χ2n) is 3.81. The molecule has 5 nitrogen and oxygen atoms in total. The molecule has 0 aliphatic rings. The van der Waals surface area contributed by atoms with Crippen molar-refractivity contribution in [2.24, 2.45) is 0 Å². The van der Waals surface area contributed by atoms with Crippen LogP contribution in [0.4, 0.5) is 5.69 Å². The van der Waals surface area contributed by atoms with E-state index in [0.717, 1.165) is 16.1 Å². The van der Waals surface area contributed by atoms with Crippen LogP contribution in [-0.4, -0.2) is 34.7 Å². The molecule has 0 aliphatic carbocycles. The van der Waals surface area contributed by atoms with Gasteiger partial charge < -0.3 is 5.32 Å². The smallest absolute Gasteiger partial charge is 0.251 e. The van der Waals surface area contributed by atoms with Crippen LogP contribution >= 0.6 is 0 Å². The SMILES string of the molecule is CNC(=O)c1ccc(C)c(N(C)S(C)(=O)=O)c1. The average Bonchev–Trinajstić information content (AvgIpc) is 2.26. The normalized spacial score (nSPS) is 11.1. The number of anilines is 1. The number of carbonyl (C=O) groups is 1. The van der Waals surface area contributed by atoms with Crippen molar-refractivity contribution < 1.29 is 13.2 Å². The molecule has 0 bridgehead atoms. The predicted molar refractivity (Wildman–Crippen MR) is 67.8 cm³/mol. The van der Waals surface area contributed by atoms with Crippen LogP contribution in [-0.2, 0) is 10.0 Å². The van der Waals surface area contributed by atoms with Crippen LogP contribution in [0.25, 0.3) is 0 Å². The van der Waals surface area contributed by atoms with Crippen LogP contribution in [0.5, 0.6) is 0 Å². The molecule has 0 unspecified atom stereocenters. The van der Waals surface area contributed by atoms with Gasteiger partial charge in [-0.1, -0.05) is 6.07 Å². The number of nitrogens with one attached hydrogen (secondary N) is 1. The van der Waals surface area contributed by atoms with E-state index in [9.17, 15) is 13.2 Å².